The molecule has 0 saturated heterocycles. The molecule has 2 aromatic heterocycles. The van der Waals surface area contributed by atoms with Gasteiger partial charge >= 0.3 is 0 Å². The predicted octanol–water partition coefficient (Wildman–Crippen LogP) is 1.59. The molecule has 0 radical (unpaired) electrons. The Labute approximate surface area is 99.9 Å². The van der Waals surface area contributed by atoms with Gasteiger partial charge in [-0.05, 0) is 19.2 Å². The highest BCUT2D eigenvalue weighted by atomic mass is 15.2. The Hall–Kier alpha value is -1.81. The van der Waals surface area contributed by atoms with E-state index in [4.69, 9.17) is 0 Å². The third kappa shape index (κ3) is 1.52. The molecule has 3 rings (SSSR count). The van der Waals surface area contributed by atoms with E-state index >= 15 is 0 Å². The van der Waals surface area contributed by atoms with Crippen LogP contribution in [0.3, 0.4) is 0 Å². The Bertz CT molecular complexity index is 662. The lowest BCUT2D eigenvalue weighted by atomic mass is 10.3. The highest BCUT2D eigenvalue weighted by Crippen LogP contribution is 2.19. The molecule has 88 valence electrons. The molecule has 0 saturated carbocycles. The van der Waals surface area contributed by atoms with Crippen LogP contribution in [0.2, 0.25) is 0 Å². The maximum Gasteiger partial charge on any atom is 0.214 e. The number of fused-ring (bicyclic) bond motifs is 3. The van der Waals surface area contributed by atoms with Crippen LogP contribution in [0.5, 0.6) is 0 Å². The van der Waals surface area contributed by atoms with E-state index in [9.17, 15) is 0 Å². The van der Waals surface area contributed by atoms with Crippen molar-refractivity contribution in [1.82, 2.24) is 19.3 Å². The van der Waals surface area contributed by atoms with Gasteiger partial charge in [0.15, 0.2) is 0 Å². The Balaban J connectivity index is 2.19. The van der Waals surface area contributed by atoms with Gasteiger partial charge in [-0.3, -0.25) is 4.40 Å². The van der Waals surface area contributed by atoms with Crippen LogP contribution in [0.15, 0.2) is 30.5 Å². The summed E-state index contributed by atoms with van der Waals surface area (Å²) in [6.07, 6.45) is 3.10. The number of hydrogen-bond acceptors (Lipinski definition) is 2. The smallest absolute Gasteiger partial charge is 0.214 e. The topological polar surface area (TPSA) is 34.3 Å². The third-order valence-electron chi connectivity index (χ3n) is 3.17. The third-order valence-corrected chi connectivity index (χ3v) is 3.17. The zero-order chi connectivity index (χ0) is 11.8. The second-order valence-corrected chi connectivity index (χ2v) is 4.30. The van der Waals surface area contributed by atoms with Crippen LogP contribution >= 0.6 is 0 Å². The predicted molar refractivity (Wildman–Crippen MR) is 69.3 cm³/mol. The fraction of sp³-hybridized carbons (Fsp3) is 0.308. The lowest BCUT2D eigenvalue weighted by Crippen LogP contribution is -2.10. The number of para-hydroxylation sites is 2. The first-order valence-corrected chi connectivity index (χ1v) is 5.87. The Kier molecular flexibility index (Phi) is 2.37. The van der Waals surface area contributed by atoms with Crippen LogP contribution in [0.4, 0.5) is 0 Å². The van der Waals surface area contributed by atoms with Crippen molar-refractivity contribution in [3.63, 3.8) is 0 Å². The van der Waals surface area contributed by atoms with Crippen molar-refractivity contribution in [2.24, 2.45) is 7.05 Å². The number of aryl methyl sites for hydroxylation is 1. The molecule has 0 amide bonds. The SMILES string of the molecule is CNCCc1cn2c3ccccc3n(C)c2n1. The molecule has 4 nitrogen and oxygen atoms in total. The van der Waals surface area contributed by atoms with E-state index in [1.54, 1.807) is 0 Å². The highest BCUT2D eigenvalue weighted by Gasteiger charge is 2.10. The van der Waals surface area contributed by atoms with Crippen molar-refractivity contribution in [2.45, 2.75) is 6.42 Å². The molecule has 0 unspecified atom stereocenters. The zero-order valence-electron chi connectivity index (χ0n) is 10.1. The molecule has 0 aliphatic heterocycles. The summed E-state index contributed by atoms with van der Waals surface area (Å²) >= 11 is 0. The number of nitrogens with zero attached hydrogens (tertiary/aromatic N) is 3. The number of rotatable bonds is 3. The van der Waals surface area contributed by atoms with Crippen molar-refractivity contribution >= 4 is 16.8 Å². The number of hydrogen-bond donors (Lipinski definition) is 1. The van der Waals surface area contributed by atoms with Crippen LogP contribution in [0, 0.1) is 0 Å². The van der Waals surface area contributed by atoms with Gasteiger partial charge in [-0.25, -0.2) is 4.98 Å². The van der Waals surface area contributed by atoms with Gasteiger partial charge < -0.3 is 9.88 Å². The van der Waals surface area contributed by atoms with Gasteiger partial charge in [-0.15, -0.1) is 0 Å². The molecule has 1 aromatic carbocycles. The summed E-state index contributed by atoms with van der Waals surface area (Å²) in [6.45, 7) is 0.960. The molecule has 0 fully saturated rings. The van der Waals surface area contributed by atoms with Crippen molar-refractivity contribution in [1.29, 1.82) is 0 Å². The second-order valence-electron chi connectivity index (χ2n) is 4.30. The van der Waals surface area contributed by atoms with Gasteiger partial charge in [0.1, 0.15) is 0 Å². The van der Waals surface area contributed by atoms with Crippen molar-refractivity contribution in [3.05, 3.63) is 36.2 Å². The summed E-state index contributed by atoms with van der Waals surface area (Å²) in [6, 6.07) is 8.38. The van der Waals surface area contributed by atoms with E-state index in [0.717, 1.165) is 24.4 Å². The fourth-order valence-electron chi connectivity index (χ4n) is 2.26. The average molecular weight is 228 g/mol. The number of nitrogens with one attached hydrogen (secondary N) is 1. The molecule has 3 aromatic rings. The van der Waals surface area contributed by atoms with E-state index in [1.165, 1.54) is 11.0 Å². The second kappa shape index (κ2) is 3.89. The fourth-order valence-corrected chi connectivity index (χ4v) is 2.26. The molecular weight excluding hydrogens is 212 g/mol. The van der Waals surface area contributed by atoms with Crippen LogP contribution in [0.1, 0.15) is 5.69 Å². The molecule has 0 atom stereocenters. The van der Waals surface area contributed by atoms with Gasteiger partial charge in [0.2, 0.25) is 5.78 Å². The van der Waals surface area contributed by atoms with Gasteiger partial charge in [0.25, 0.3) is 0 Å². The first-order valence-electron chi connectivity index (χ1n) is 5.87. The summed E-state index contributed by atoms with van der Waals surface area (Å²) < 4.78 is 4.30. The molecule has 1 N–H and O–H groups in total. The molecule has 0 bridgehead atoms. The van der Waals surface area contributed by atoms with E-state index in [-0.39, 0.29) is 0 Å². The van der Waals surface area contributed by atoms with Crippen LogP contribution in [0.25, 0.3) is 16.8 Å². The van der Waals surface area contributed by atoms with Crippen LogP contribution in [-0.2, 0) is 13.5 Å². The maximum atomic E-state index is 4.67. The molecule has 0 spiro atoms. The van der Waals surface area contributed by atoms with E-state index in [1.807, 2.05) is 7.05 Å². The van der Waals surface area contributed by atoms with Crippen molar-refractivity contribution in [3.8, 4) is 0 Å². The van der Waals surface area contributed by atoms with Crippen molar-refractivity contribution < 1.29 is 0 Å². The molecule has 4 heteroatoms. The molecule has 0 aliphatic rings. The Morgan fingerprint density at radius 3 is 2.76 bits per heavy atom. The standard InChI is InChI=1S/C13H16N4/c1-14-8-7-10-9-17-12-6-4-3-5-11(12)16(2)13(17)15-10/h3-6,9,14H,7-8H2,1-2H3. The van der Waals surface area contributed by atoms with E-state index in [0.29, 0.717) is 0 Å². The number of imidazole rings is 2. The summed E-state index contributed by atoms with van der Waals surface area (Å²) in [5, 5.41) is 3.15. The molecule has 2 heterocycles. The van der Waals surface area contributed by atoms with E-state index in [2.05, 4.69) is 56.8 Å². The Morgan fingerprint density at radius 2 is 2.00 bits per heavy atom. The minimum Gasteiger partial charge on any atom is -0.319 e. The number of aromatic nitrogens is 3. The zero-order valence-corrected chi connectivity index (χ0v) is 10.1. The minimum absolute atomic E-state index is 0.960. The summed E-state index contributed by atoms with van der Waals surface area (Å²) in [7, 11) is 4.03. The minimum atomic E-state index is 0.960. The van der Waals surface area contributed by atoms with Crippen LogP contribution in [-0.4, -0.2) is 27.5 Å². The van der Waals surface area contributed by atoms with Gasteiger partial charge in [-0.1, -0.05) is 12.1 Å². The normalized spacial score (nSPS) is 11.6. The number of benzene rings is 1. The first kappa shape index (κ1) is 10.4. The average Bonchev–Trinajstić information content (AvgIpc) is 2.88. The van der Waals surface area contributed by atoms with Crippen molar-refractivity contribution in [2.75, 3.05) is 13.6 Å². The summed E-state index contributed by atoms with van der Waals surface area (Å²) in [5.74, 6) is 1.01. The lowest BCUT2D eigenvalue weighted by Gasteiger charge is -1.96. The molecule has 0 aliphatic carbocycles. The quantitative estimate of drug-likeness (QED) is 0.738. The van der Waals surface area contributed by atoms with Gasteiger partial charge in [0.05, 0.1) is 16.7 Å². The van der Waals surface area contributed by atoms with Gasteiger partial charge in [0, 0.05) is 26.2 Å². The molecule has 17 heavy (non-hydrogen) atoms. The monoisotopic (exact) mass is 228 g/mol. The lowest BCUT2D eigenvalue weighted by molar-refractivity contribution is 0.779. The van der Waals surface area contributed by atoms with Gasteiger partial charge in [-0.2, -0.15) is 0 Å². The first-order chi connectivity index (χ1) is 8.31. The summed E-state index contributed by atoms with van der Waals surface area (Å²) in [5.41, 5.74) is 3.57. The maximum absolute atomic E-state index is 4.67. The molecular formula is C13H16N4. The van der Waals surface area contributed by atoms with E-state index < -0.39 is 0 Å². The number of likely N-dealkylation sites (N-methyl/N-ethyl adjacent to an activating group) is 1. The largest absolute Gasteiger partial charge is 0.319 e. The highest BCUT2D eigenvalue weighted by molar-refractivity contribution is 5.80. The Morgan fingerprint density at radius 1 is 1.24 bits per heavy atom. The summed E-state index contributed by atoms with van der Waals surface area (Å²) in [4.78, 5) is 4.67. The van der Waals surface area contributed by atoms with Crippen LogP contribution < -0.4 is 5.32 Å².